The molecule has 2 aliphatic carbocycles. The summed E-state index contributed by atoms with van der Waals surface area (Å²) in [5.74, 6) is -1.67. The molecule has 0 unspecified atom stereocenters. The van der Waals surface area contributed by atoms with Crippen molar-refractivity contribution in [3.8, 4) is 0 Å². The first-order chi connectivity index (χ1) is 18.4. The first-order valence-corrected chi connectivity index (χ1v) is 13.6. The number of nitrogens with one attached hydrogen (secondary N) is 1. The van der Waals surface area contributed by atoms with Gasteiger partial charge in [-0.15, -0.1) is 0 Å². The molecule has 1 N–H and O–H groups in total. The van der Waals surface area contributed by atoms with Crippen LogP contribution in [0.4, 0.5) is 5.69 Å². The molecule has 1 aliphatic heterocycles. The minimum absolute atomic E-state index is 0.0110. The molecule has 1 saturated heterocycles. The number of cyclic esters (lactones) is 1. The molecule has 8 heteroatoms. The fourth-order valence-corrected chi connectivity index (χ4v) is 7.08. The van der Waals surface area contributed by atoms with E-state index >= 15 is 0 Å². The monoisotopic (exact) mass is 537 g/mol. The molecule has 0 radical (unpaired) electrons. The number of carbonyl (C=O) groups is 4. The van der Waals surface area contributed by atoms with Gasteiger partial charge in [0.25, 0.3) is 0 Å². The zero-order valence-electron chi connectivity index (χ0n) is 23.5. The Morgan fingerprint density at radius 2 is 1.77 bits per heavy atom. The molecule has 8 nitrogen and oxygen atoms in total. The van der Waals surface area contributed by atoms with Crippen LogP contribution in [0.3, 0.4) is 0 Å². The highest BCUT2D eigenvalue weighted by atomic mass is 16.6. The summed E-state index contributed by atoms with van der Waals surface area (Å²) < 4.78 is 16.2. The van der Waals surface area contributed by atoms with Crippen molar-refractivity contribution < 1.29 is 33.4 Å². The van der Waals surface area contributed by atoms with Crippen LogP contribution >= 0.6 is 0 Å². The minimum Gasteiger partial charge on any atom is -0.461 e. The number of hydrogen-bond donors (Lipinski definition) is 1. The van der Waals surface area contributed by atoms with E-state index in [0.29, 0.717) is 30.5 Å². The molecule has 0 spiro atoms. The van der Waals surface area contributed by atoms with Crippen LogP contribution in [0.2, 0.25) is 0 Å². The Hall–Kier alpha value is -3.42. The lowest BCUT2D eigenvalue weighted by Crippen LogP contribution is -2.61. The number of benzene rings is 1. The van der Waals surface area contributed by atoms with Crippen molar-refractivity contribution in [3.63, 3.8) is 0 Å². The number of hydrogen-bond acceptors (Lipinski definition) is 7. The van der Waals surface area contributed by atoms with Crippen molar-refractivity contribution >= 4 is 29.5 Å². The van der Waals surface area contributed by atoms with Crippen LogP contribution in [-0.4, -0.2) is 42.6 Å². The standard InChI is InChI=1S/C31H39NO7/c1-18-7-10-22(11-8-18)32-29(36)31(6)26-14-9-19(2)24(30(26,5)16-15-27(31)39-21(4)34)13-12-23-25(38-20(3)33)17-37-28(23)35/h7-8,10-12,24-27H,2,9,13-17H2,1,3-6H3,(H,32,36)/b23-12+/t24-,25-,26+,27-,30+,31+/m1/s1. The van der Waals surface area contributed by atoms with Gasteiger partial charge in [0.05, 0.1) is 11.0 Å². The Morgan fingerprint density at radius 3 is 2.41 bits per heavy atom. The maximum atomic E-state index is 14.1. The van der Waals surface area contributed by atoms with E-state index in [0.717, 1.165) is 24.0 Å². The predicted octanol–water partition coefficient (Wildman–Crippen LogP) is 5.06. The molecule has 3 aliphatic rings. The fraction of sp³-hybridized carbons (Fsp3) is 0.548. The fourth-order valence-electron chi connectivity index (χ4n) is 7.08. The van der Waals surface area contributed by atoms with Crippen LogP contribution in [0.5, 0.6) is 0 Å². The molecule has 3 fully saturated rings. The van der Waals surface area contributed by atoms with Crippen molar-refractivity contribution in [2.45, 2.75) is 78.9 Å². The predicted molar refractivity (Wildman–Crippen MR) is 145 cm³/mol. The average molecular weight is 538 g/mol. The van der Waals surface area contributed by atoms with E-state index < -0.39 is 35.5 Å². The number of ether oxygens (including phenoxy) is 3. The molecule has 1 amide bonds. The summed E-state index contributed by atoms with van der Waals surface area (Å²) in [5, 5.41) is 3.09. The maximum Gasteiger partial charge on any atom is 0.337 e. The minimum atomic E-state index is -0.984. The second-order valence-electron chi connectivity index (χ2n) is 11.6. The lowest BCUT2D eigenvalue weighted by Gasteiger charge is -2.59. The molecular weight excluding hydrogens is 498 g/mol. The first kappa shape index (κ1) is 28.6. The average Bonchev–Trinajstić information content (AvgIpc) is 3.20. The third-order valence-electron chi connectivity index (χ3n) is 9.11. The molecule has 39 heavy (non-hydrogen) atoms. The normalized spacial score (nSPS) is 33.2. The van der Waals surface area contributed by atoms with Crippen LogP contribution < -0.4 is 5.32 Å². The third kappa shape index (κ3) is 5.52. The summed E-state index contributed by atoms with van der Waals surface area (Å²) in [6.45, 7) is 13.2. The van der Waals surface area contributed by atoms with Gasteiger partial charge in [0.1, 0.15) is 12.7 Å². The number of esters is 3. The number of carbonyl (C=O) groups excluding carboxylic acids is 4. The number of anilines is 1. The second-order valence-corrected chi connectivity index (χ2v) is 11.6. The molecule has 210 valence electrons. The molecule has 2 saturated carbocycles. The summed E-state index contributed by atoms with van der Waals surface area (Å²) in [6.07, 6.45) is 3.73. The van der Waals surface area contributed by atoms with E-state index in [1.54, 1.807) is 0 Å². The summed E-state index contributed by atoms with van der Waals surface area (Å²) in [7, 11) is 0. The highest BCUT2D eigenvalue weighted by Gasteiger charge is 2.62. The van der Waals surface area contributed by atoms with Crippen molar-refractivity contribution in [1.29, 1.82) is 0 Å². The van der Waals surface area contributed by atoms with E-state index in [1.165, 1.54) is 13.8 Å². The molecule has 4 rings (SSSR count). The molecule has 0 bridgehead atoms. The molecule has 0 aromatic heterocycles. The molecule has 1 aromatic carbocycles. The molecule has 6 atom stereocenters. The van der Waals surface area contributed by atoms with Crippen LogP contribution in [0.1, 0.15) is 65.4 Å². The van der Waals surface area contributed by atoms with Crippen LogP contribution in [-0.2, 0) is 33.4 Å². The maximum absolute atomic E-state index is 14.1. The van der Waals surface area contributed by atoms with Gasteiger partial charge in [0, 0.05) is 19.5 Å². The third-order valence-corrected chi connectivity index (χ3v) is 9.11. The van der Waals surface area contributed by atoms with Gasteiger partial charge in [-0.25, -0.2) is 4.79 Å². The van der Waals surface area contributed by atoms with E-state index in [1.807, 2.05) is 44.2 Å². The van der Waals surface area contributed by atoms with E-state index in [4.69, 9.17) is 14.2 Å². The van der Waals surface area contributed by atoms with Gasteiger partial charge in [0.15, 0.2) is 6.10 Å². The molecule has 1 heterocycles. The summed E-state index contributed by atoms with van der Waals surface area (Å²) in [6, 6.07) is 7.63. The van der Waals surface area contributed by atoms with Crippen molar-refractivity contribution in [3.05, 3.63) is 53.6 Å². The zero-order valence-corrected chi connectivity index (χ0v) is 23.5. The number of allylic oxidation sites excluding steroid dienone is 2. The number of aryl methyl sites for hydroxylation is 1. The van der Waals surface area contributed by atoms with Crippen LogP contribution in [0, 0.1) is 29.6 Å². The van der Waals surface area contributed by atoms with Crippen LogP contribution in [0.15, 0.2) is 48.1 Å². The van der Waals surface area contributed by atoms with Crippen LogP contribution in [0.25, 0.3) is 0 Å². The highest BCUT2D eigenvalue weighted by Crippen LogP contribution is 2.62. The Kier molecular flexibility index (Phi) is 8.05. The van der Waals surface area contributed by atoms with Gasteiger partial charge in [-0.1, -0.05) is 42.8 Å². The summed E-state index contributed by atoms with van der Waals surface area (Å²) in [5.41, 5.74) is 1.86. The van der Waals surface area contributed by atoms with E-state index in [9.17, 15) is 19.2 Å². The Bertz CT molecular complexity index is 1200. The lowest BCUT2D eigenvalue weighted by atomic mass is 9.45. The van der Waals surface area contributed by atoms with Gasteiger partial charge >= 0.3 is 17.9 Å². The largest absolute Gasteiger partial charge is 0.461 e. The van der Waals surface area contributed by atoms with Crippen molar-refractivity contribution in [2.75, 3.05) is 11.9 Å². The SMILES string of the molecule is C=C1CC[C@H]2[C@@](C)(CC[C@@H](OC(C)=O)[C@@]2(C)C(=O)Nc2ccc(C)cc2)[C@@H]1C/C=C1/C(=O)OC[C@H]1OC(C)=O. The Morgan fingerprint density at radius 1 is 1.10 bits per heavy atom. The Labute approximate surface area is 230 Å². The lowest BCUT2D eigenvalue weighted by molar-refractivity contribution is -0.181. The number of fused-ring (bicyclic) bond motifs is 1. The second kappa shape index (κ2) is 11.0. The number of rotatable bonds is 6. The molecular formula is C31H39NO7. The van der Waals surface area contributed by atoms with E-state index in [-0.39, 0.29) is 29.8 Å². The van der Waals surface area contributed by atoms with Gasteiger partial charge < -0.3 is 19.5 Å². The van der Waals surface area contributed by atoms with Gasteiger partial charge in [-0.3, -0.25) is 14.4 Å². The first-order valence-electron chi connectivity index (χ1n) is 13.6. The summed E-state index contributed by atoms with van der Waals surface area (Å²) in [4.78, 5) is 50.1. The van der Waals surface area contributed by atoms with Gasteiger partial charge in [-0.05, 0) is 75.3 Å². The van der Waals surface area contributed by atoms with Crippen molar-refractivity contribution in [2.24, 2.45) is 22.7 Å². The quantitative estimate of drug-likeness (QED) is 0.234. The van der Waals surface area contributed by atoms with Crippen molar-refractivity contribution in [1.82, 2.24) is 0 Å². The highest BCUT2D eigenvalue weighted by molar-refractivity contribution is 5.96. The van der Waals surface area contributed by atoms with Gasteiger partial charge in [-0.2, -0.15) is 0 Å². The van der Waals surface area contributed by atoms with E-state index in [2.05, 4.69) is 18.8 Å². The van der Waals surface area contributed by atoms with Gasteiger partial charge in [0.2, 0.25) is 5.91 Å². The smallest absolute Gasteiger partial charge is 0.337 e. The molecule has 1 aromatic rings. The summed E-state index contributed by atoms with van der Waals surface area (Å²) >= 11 is 0. The number of amides is 1. The topological polar surface area (TPSA) is 108 Å². The zero-order chi connectivity index (χ0) is 28.5. The Balaban J connectivity index is 1.67.